The third kappa shape index (κ3) is 10.3. The second kappa shape index (κ2) is 16.6. The number of benzene rings is 1. The van der Waals surface area contributed by atoms with Crippen molar-refractivity contribution in [3.63, 3.8) is 0 Å². The molecule has 0 amide bonds. The van der Waals surface area contributed by atoms with Crippen molar-refractivity contribution in [1.82, 2.24) is 0 Å². The van der Waals surface area contributed by atoms with E-state index in [-0.39, 0.29) is 46.5 Å². The maximum atomic E-state index is 8.40. The third-order valence-corrected chi connectivity index (χ3v) is 2.13. The summed E-state index contributed by atoms with van der Waals surface area (Å²) in [6.07, 6.45) is 10.0. The molecule has 3 rings (SSSR count). The van der Waals surface area contributed by atoms with E-state index in [1.165, 1.54) is 10.8 Å². The van der Waals surface area contributed by atoms with E-state index < -0.39 is 8.34 Å². The fraction of sp³-hybridized carbons (Fsp3) is 0.0714. The van der Waals surface area contributed by atoms with Crippen molar-refractivity contribution >= 4 is 19.1 Å². The van der Waals surface area contributed by atoms with Crippen molar-refractivity contribution in [3.8, 4) is 0 Å². The first-order valence-corrected chi connectivity index (χ1v) is 6.01. The molecular formula is C14H13Cl2O2PTi. The van der Waals surface area contributed by atoms with Gasteiger partial charge in [-0.05, 0) is 0 Å². The molecule has 0 atom stereocenters. The number of hydrogen-bond donors (Lipinski definition) is 0. The van der Waals surface area contributed by atoms with Gasteiger partial charge < -0.3 is 24.8 Å². The van der Waals surface area contributed by atoms with E-state index >= 15 is 0 Å². The zero-order chi connectivity index (χ0) is 12.3. The number of halogens is 2. The summed E-state index contributed by atoms with van der Waals surface area (Å²) >= 11 is 0. The molecular weight excluding hydrogens is 350 g/mol. The molecule has 20 heavy (non-hydrogen) atoms. The minimum absolute atomic E-state index is 0. The van der Waals surface area contributed by atoms with Crippen molar-refractivity contribution in [2.75, 3.05) is 0 Å². The van der Waals surface area contributed by atoms with E-state index in [0.29, 0.717) is 0 Å². The Bertz CT molecular complexity index is 507. The molecule has 1 aliphatic rings. The van der Waals surface area contributed by atoms with E-state index in [4.69, 9.17) is 9.13 Å². The Morgan fingerprint density at radius 2 is 1.75 bits per heavy atom. The predicted octanol–water partition coefficient (Wildman–Crippen LogP) is -1.77. The van der Waals surface area contributed by atoms with Crippen LogP contribution >= 0.6 is 8.34 Å². The van der Waals surface area contributed by atoms with Crippen LogP contribution in [0.15, 0.2) is 60.7 Å². The number of fused-ring (bicyclic) bond motifs is 1. The van der Waals surface area contributed by atoms with E-state index in [1.807, 2.05) is 12.2 Å². The van der Waals surface area contributed by atoms with Crippen molar-refractivity contribution < 1.29 is 55.7 Å². The van der Waals surface area contributed by atoms with Gasteiger partial charge in [-0.1, -0.05) is 6.07 Å². The van der Waals surface area contributed by atoms with Crippen LogP contribution in [-0.2, 0) is 30.8 Å². The number of hydrogen-bond acceptors (Lipinski definition) is 2. The van der Waals surface area contributed by atoms with Crippen molar-refractivity contribution in [2.45, 2.75) is 6.42 Å². The molecule has 2 aromatic carbocycles. The van der Waals surface area contributed by atoms with Gasteiger partial charge in [0.05, 0.1) is 0 Å². The molecule has 1 aliphatic carbocycles. The molecule has 2 aromatic rings. The largest absolute Gasteiger partial charge is 4.00 e. The summed E-state index contributed by atoms with van der Waals surface area (Å²) in [5.74, 6) is 0. The molecule has 0 heterocycles. The summed E-state index contributed by atoms with van der Waals surface area (Å²) in [6.45, 7) is 0. The third-order valence-electron chi connectivity index (χ3n) is 2.13. The van der Waals surface area contributed by atoms with Gasteiger partial charge in [-0.25, -0.2) is 21.3 Å². The van der Waals surface area contributed by atoms with Crippen molar-refractivity contribution in [2.24, 2.45) is 0 Å². The molecule has 0 saturated heterocycles. The molecule has 2 nitrogen and oxygen atoms in total. The Kier molecular flexibility index (Phi) is 20.3. The average molecular weight is 363 g/mol. The molecule has 0 N–H and O–H groups in total. The van der Waals surface area contributed by atoms with Gasteiger partial charge >= 0.3 is 30.1 Å². The standard InChI is InChI=1S/C9H7.C5H5.2ClH.HO2P.Ti/c1-2-5-9-7-3-6-8(9)4-1;1-2-4-5-3-1;;;1-3-2;/h1-7H;1-3H,4H2;2*1H;3H;/q2*-1;;;;+4/p-2. The minimum atomic E-state index is -1.42. The van der Waals surface area contributed by atoms with Gasteiger partial charge in [0.1, 0.15) is 0 Å². The number of allylic oxidation sites excluding steroid dienone is 4. The quantitative estimate of drug-likeness (QED) is 0.316. The maximum Gasteiger partial charge on any atom is 4.00 e. The van der Waals surface area contributed by atoms with Crippen LogP contribution < -0.4 is 24.8 Å². The Labute approximate surface area is 147 Å². The van der Waals surface area contributed by atoms with Crippen molar-refractivity contribution in [1.29, 1.82) is 0 Å². The van der Waals surface area contributed by atoms with E-state index in [1.54, 1.807) is 0 Å². The van der Waals surface area contributed by atoms with E-state index in [0.717, 1.165) is 6.42 Å². The zero-order valence-corrected chi connectivity index (χ0v) is 14.6. The van der Waals surface area contributed by atoms with Crippen LogP contribution in [0.25, 0.3) is 10.8 Å². The molecule has 0 saturated carbocycles. The number of rotatable bonds is 0. The molecule has 0 fully saturated rings. The summed E-state index contributed by atoms with van der Waals surface area (Å²) < 4.78 is 16.8. The molecule has 6 heteroatoms. The summed E-state index contributed by atoms with van der Waals surface area (Å²) in [6, 6.07) is 14.7. The van der Waals surface area contributed by atoms with E-state index in [9.17, 15) is 0 Å². The summed E-state index contributed by atoms with van der Waals surface area (Å²) in [4.78, 5) is 0. The van der Waals surface area contributed by atoms with Gasteiger partial charge in [-0.15, -0.1) is 36.1 Å². The molecule has 0 spiro atoms. The first kappa shape index (κ1) is 24.5. The second-order valence-corrected chi connectivity index (χ2v) is 3.41. The molecule has 0 radical (unpaired) electrons. The zero-order valence-electron chi connectivity index (χ0n) is 10.6. The van der Waals surface area contributed by atoms with Gasteiger partial charge in [0.2, 0.25) is 0 Å². The van der Waals surface area contributed by atoms with Gasteiger partial charge in [0.15, 0.2) is 0 Å². The average Bonchev–Trinajstić information content (AvgIpc) is 3.05. The van der Waals surface area contributed by atoms with Crippen LogP contribution in [-0.4, -0.2) is 0 Å². The Hall–Kier alpha value is -0.496. The first-order valence-electron chi connectivity index (χ1n) is 5.20. The van der Waals surface area contributed by atoms with Gasteiger partial charge in [-0.3, -0.25) is 6.08 Å². The summed E-state index contributed by atoms with van der Waals surface area (Å²) in [7, 11) is -1.42. The van der Waals surface area contributed by atoms with Crippen LogP contribution in [0.5, 0.6) is 0 Å². The van der Waals surface area contributed by atoms with Crippen LogP contribution in [0.4, 0.5) is 0 Å². The van der Waals surface area contributed by atoms with Crippen molar-refractivity contribution in [3.05, 3.63) is 66.8 Å². The van der Waals surface area contributed by atoms with Crippen LogP contribution in [0.3, 0.4) is 0 Å². The Morgan fingerprint density at radius 3 is 2.20 bits per heavy atom. The van der Waals surface area contributed by atoms with Crippen LogP contribution in [0.2, 0.25) is 0 Å². The van der Waals surface area contributed by atoms with Crippen LogP contribution in [0, 0.1) is 6.08 Å². The van der Waals surface area contributed by atoms with E-state index in [2.05, 4.69) is 54.6 Å². The van der Waals surface area contributed by atoms with Gasteiger partial charge in [-0.2, -0.15) is 23.6 Å². The fourth-order valence-electron chi connectivity index (χ4n) is 1.41. The fourth-order valence-corrected chi connectivity index (χ4v) is 1.41. The molecule has 0 unspecified atom stereocenters. The molecule has 0 aliphatic heterocycles. The maximum absolute atomic E-state index is 8.40. The summed E-state index contributed by atoms with van der Waals surface area (Å²) in [5.41, 5.74) is 0. The molecule has 104 valence electrons. The normalized spacial score (nSPS) is 9.60. The molecule has 0 aromatic heterocycles. The predicted molar refractivity (Wildman–Crippen MR) is 70.8 cm³/mol. The Morgan fingerprint density at radius 1 is 1.10 bits per heavy atom. The second-order valence-electron chi connectivity index (χ2n) is 3.24. The SMILES string of the molecule is O=[PH]=O.[C-]1=CC=CC1.[Cl-].[Cl-].[Ti+4].c1ccc2[cH-]ccc2c1. The van der Waals surface area contributed by atoms with Crippen LogP contribution in [0.1, 0.15) is 6.42 Å². The molecule has 0 bridgehead atoms. The first-order chi connectivity index (χ1) is 8.38. The summed E-state index contributed by atoms with van der Waals surface area (Å²) in [5, 5.41) is 2.66. The topological polar surface area (TPSA) is 34.1 Å². The Balaban J connectivity index is -0.000000231. The smallest absolute Gasteiger partial charge is 1.00 e. The van der Waals surface area contributed by atoms with Gasteiger partial charge in [0.25, 0.3) is 0 Å². The minimum Gasteiger partial charge on any atom is -1.00 e. The van der Waals surface area contributed by atoms with Gasteiger partial charge in [0, 0.05) is 0 Å². The monoisotopic (exact) mass is 362 g/mol.